The van der Waals surface area contributed by atoms with Gasteiger partial charge in [-0.15, -0.1) is 0 Å². The van der Waals surface area contributed by atoms with Crippen LogP contribution in [-0.4, -0.2) is 18.7 Å². The zero-order chi connectivity index (χ0) is 41.2. The molecule has 0 bridgehead atoms. The summed E-state index contributed by atoms with van der Waals surface area (Å²) in [6.45, 7) is -0.289. The van der Waals surface area contributed by atoms with E-state index in [9.17, 15) is 0 Å². The molecule has 1 aliphatic carbocycles. The summed E-state index contributed by atoms with van der Waals surface area (Å²) in [5.41, 5.74) is 11.3. The van der Waals surface area contributed by atoms with E-state index in [0.717, 1.165) is 61.3 Å². The number of benzene rings is 7. The molecule has 0 radical (unpaired) electrons. The van der Waals surface area contributed by atoms with Crippen molar-refractivity contribution < 1.29 is 32.9 Å². The first kappa shape index (κ1) is 30.4. The third-order valence-electron chi connectivity index (χ3n) is 11.7. The molecule has 7 heteroatoms. The van der Waals surface area contributed by atoms with E-state index in [1.165, 1.54) is 26.8 Å². The minimum atomic E-state index is -2.37. The number of rotatable bonds is 4. The average molecular weight is 931 g/mol. The summed E-state index contributed by atoms with van der Waals surface area (Å²) >= 11 is 2.07. The molecule has 12 rings (SSSR count). The molecule has 4 heterocycles. The molecule has 0 atom stereocenters. The first-order valence-electron chi connectivity index (χ1n) is 20.5. The Morgan fingerprint density at radius 3 is 2.16 bits per heavy atom. The van der Waals surface area contributed by atoms with Crippen LogP contribution >= 0.6 is 0 Å². The summed E-state index contributed by atoms with van der Waals surface area (Å²) in [6, 6.07) is 58.6. The zero-order valence-electron chi connectivity index (χ0n) is 33.9. The number of hydrogen-bond donors (Lipinski definition) is 0. The first-order valence-corrected chi connectivity index (χ1v) is 20.2. The predicted molar refractivity (Wildman–Crippen MR) is 224 cm³/mol. The van der Waals surface area contributed by atoms with Crippen LogP contribution in [0.25, 0.3) is 55.5 Å². The monoisotopic (exact) mass is 930 g/mol. The van der Waals surface area contributed by atoms with Crippen molar-refractivity contribution in [1.82, 2.24) is 18.7 Å². The molecular weight excluding hydrogens is 896 g/mol. The Morgan fingerprint density at radius 2 is 1.36 bits per heavy atom. The Kier molecular flexibility index (Phi) is 6.48. The van der Waals surface area contributed by atoms with Gasteiger partial charge in [0.15, 0.2) is 0 Å². The van der Waals surface area contributed by atoms with Crippen LogP contribution in [0.3, 0.4) is 0 Å². The quantitative estimate of drug-likeness (QED) is 0.165. The van der Waals surface area contributed by atoms with Crippen LogP contribution in [0.5, 0.6) is 23.0 Å². The maximum atomic E-state index is 8.27. The third kappa shape index (κ3) is 4.58. The van der Waals surface area contributed by atoms with Crippen LogP contribution in [0.1, 0.15) is 31.9 Å². The number of ether oxygens (including phenoxy) is 2. The molecule has 2 aliphatic rings. The summed E-state index contributed by atoms with van der Waals surface area (Å²) in [5.74, 6) is 3.43. The van der Waals surface area contributed by atoms with Crippen LogP contribution in [0.2, 0.25) is 0 Å². The molecule has 1 aliphatic heterocycles. The van der Waals surface area contributed by atoms with E-state index in [4.69, 9.17) is 18.6 Å². The van der Waals surface area contributed by atoms with Crippen LogP contribution < -0.4 is 9.47 Å². The van der Waals surface area contributed by atoms with Crippen molar-refractivity contribution >= 4 is 32.8 Å². The van der Waals surface area contributed by atoms with Crippen LogP contribution in [0, 0.1) is 22.9 Å². The normalized spacial score (nSPS) is 14.4. The first-order chi connectivity index (χ1) is 29.7. The summed E-state index contributed by atoms with van der Waals surface area (Å²) in [6.07, 6.45) is 1.85. The summed E-state index contributed by atoms with van der Waals surface area (Å²) < 4.78 is 44.0. The molecule has 280 valence electrons. The van der Waals surface area contributed by atoms with E-state index >= 15 is 0 Å². The number of imidazole rings is 1. The molecule has 3 aromatic heterocycles. The molecule has 0 saturated carbocycles. The Hall–Kier alpha value is -6.75. The van der Waals surface area contributed by atoms with E-state index in [0.29, 0.717) is 26.5 Å². The van der Waals surface area contributed by atoms with Gasteiger partial charge in [0.2, 0.25) is 0 Å². The molecule has 0 fully saturated rings. The van der Waals surface area contributed by atoms with E-state index < -0.39 is 12.4 Å². The number of fused-ring (bicyclic) bond motifs is 13. The zero-order valence-corrected chi connectivity index (χ0v) is 33.2. The number of hydrogen-bond acceptors (Lipinski definition) is 3. The third-order valence-corrected chi connectivity index (χ3v) is 12.7. The molecule has 1 spiro atoms. The van der Waals surface area contributed by atoms with Crippen molar-refractivity contribution in [3.8, 4) is 45.6 Å². The van der Waals surface area contributed by atoms with Crippen molar-refractivity contribution in [2.75, 3.05) is 0 Å². The van der Waals surface area contributed by atoms with Crippen molar-refractivity contribution in [1.29, 1.82) is 0 Å². The number of aryl methyl sites for hydroxylation is 2. The Labute approximate surface area is 349 Å². The molecule has 0 N–H and O–H groups in total. The Morgan fingerprint density at radius 1 is 0.638 bits per heavy atom. The van der Waals surface area contributed by atoms with Gasteiger partial charge in [0.25, 0.3) is 0 Å². The van der Waals surface area contributed by atoms with Gasteiger partial charge in [0, 0.05) is 17.3 Å². The van der Waals surface area contributed by atoms with Crippen LogP contribution in [0.4, 0.5) is 0 Å². The van der Waals surface area contributed by atoms with Gasteiger partial charge >= 0.3 is 198 Å². The molecule has 0 amide bonds. The van der Waals surface area contributed by atoms with Gasteiger partial charge in [0.05, 0.1) is 5.41 Å². The molecule has 7 aromatic carbocycles. The maximum absolute atomic E-state index is 8.27. The Bertz CT molecular complexity index is 3500. The fraction of sp³-hybridized carbons (Fsp3) is 0.0588. The summed E-state index contributed by atoms with van der Waals surface area (Å²) in [5, 5.41) is 2.09. The van der Waals surface area contributed by atoms with Crippen molar-refractivity contribution in [3.05, 3.63) is 202 Å². The number of para-hydroxylation sites is 4. The van der Waals surface area contributed by atoms with Gasteiger partial charge in [-0.05, 0) is 52.9 Å². The predicted octanol–water partition coefficient (Wildman–Crippen LogP) is 11.7. The van der Waals surface area contributed by atoms with E-state index in [1.807, 2.05) is 77.5 Å². The van der Waals surface area contributed by atoms with Crippen molar-refractivity contribution in [3.63, 3.8) is 0 Å². The summed E-state index contributed by atoms with van der Waals surface area (Å²) in [4.78, 5) is 4.93. The molecule has 58 heavy (non-hydrogen) atoms. The standard InChI is InChI=1S/C51H32N4O2.Pt/c1-32-24-25-52-50(26-32)55-46-28-35(56-34-13-11-12-33(27-34)54-31-53(2)44-18-7-8-19-45(44)54)22-23-37(46)39-29-38-36-14-3-4-15-40(36)51(43(38)30-47(39)55)41-16-5-9-20-48(41)57-49-21-10-6-17-42(49)51;/h3-26,29-30H,1-2H3;/q-2;/i2D3;. The SMILES string of the molecule is [2H]C([2H])([2H])n1[c](=[Pt])n(-c2[c-]c(Oc3[c-]c4c(cc3)c3cc5c(cc3n4-c3cc(C)ccn3)C3(c4ccccc4Oc4ccccc43)c3ccccc3-5)ccc2)c2ccccc21. The van der Waals surface area contributed by atoms with Gasteiger partial charge in [-0.3, -0.25) is 0 Å². The number of pyridine rings is 1. The van der Waals surface area contributed by atoms with E-state index in [-0.39, 0.29) is 0 Å². The van der Waals surface area contributed by atoms with Gasteiger partial charge in [-0.2, -0.15) is 0 Å². The number of aromatic nitrogens is 4. The average Bonchev–Trinajstić information content (AvgIpc) is 3.86. The van der Waals surface area contributed by atoms with Crippen molar-refractivity contribution in [2.45, 2.75) is 12.3 Å². The topological polar surface area (TPSA) is 46.1 Å². The fourth-order valence-corrected chi connectivity index (χ4v) is 10.1. The molecule has 0 saturated heterocycles. The van der Waals surface area contributed by atoms with Gasteiger partial charge in [0.1, 0.15) is 11.5 Å². The molecule has 6 nitrogen and oxygen atoms in total. The van der Waals surface area contributed by atoms with Gasteiger partial charge in [-0.1, -0.05) is 60.7 Å². The van der Waals surface area contributed by atoms with Crippen molar-refractivity contribution in [2.24, 2.45) is 6.98 Å². The Balaban J connectivity index is 1.07. The fourth-order valence-electron chi connectivity index (χ4n) is 9.30. The van der Waals surface area contributed by atoms with Gasteiger partial charge in [-0.25, -0.2) is 0 Å². The molecular formula is C51H32N4O2Pt-2. The molecule has 10 aromatic rings. The summed E-state index contributed by atoms with van der Waals surface area (Å²) in [7, 11) is 0. The molecule has 0 unspecified atom stereocenters. The second kappa shape index (κ2) is 12.4. The van der Waals surface area contributed by atoms with Crippen LogP contribution in [-0.2, 0) is 31.7 Å². The number of nitrogens with zero attached hydrogens (tertiary/aromatic N) is 4. The van der Waals surface area contributed by atoms with E-state index in [2.05, 4.69) is 128 Å². The second-order valence-electron chi connectivity index (χ2n) is 14.8. The van der Waals surface area contributed by atoms with Crippen LogP contribution in [0.15, 0.2) is 158 Å². The second-order valence-corrected chi connectivity index (χ2v) is 15.8. The van der Waals surface area contributed by atoms with E-state index in [1.54, 1.807) is 0 Å². The van der Waals surface area contributed by atoms with Gasteiger partial charge < -0.3 is 4.74 Å². The minimum absolute atomic E-state index is 0.466.